The Bertz CT molecular complexity index is 1280. The number of hydrogen-bond acceptors (Lipinski definition) is 8. The van der Waals surface area contributed by atoms with Gasteiger partial charge in [-0.15, -0.1) is 4.37 Å². The van der Waals surface area contributed by atoms with E-state index in [9.17, 15) is 18.1 Å². The van der Waals surface area contributed by atoms with E-state index in [1.807, 2.05) is 26.8 Å². The van der Waals surface area contributed by atoms with Crippen LogP contribution in [0.5, 0.6) is 5.75 Å². The molecule has 1 saturated heterocycles. The molecule has 3 heterocycles. The van der Waals surface area contributed by atoms with Gasteiger partial charge in [0.05, 0.1) is 12.0 Å². The Hall–Kier alpha value is -2.67. The molecular weight excluding hydrogens is 466 g/mol. The predicted octanol–water partition coefficient (Wildman–Crippen LogP) is 3.65. The van der Waals surface area contributed by atoms with Crippen molar-refractivity contribution < 1.29 is 22.5 Å². The fourth-order valence-corrected chi connectivity index (χ4v) is 6.02. The Morgan fingerprint density at radius 1 is 1.27 bits per heavy atom. The molecule has 178 valence electrons. The van der Waals surface area contributed by atoms with E-state index < -0.39 is 33.0 Å². The van der Waals surface area contributed by atoms with Crippen LogP contribution in [0.25, 0.3) is 0 Å². The first-order valence-corrected chi connectivity index (χ1v) is 13.1. The maximum absolute atomic E-state index is 13.0. The molecule has 3 aromatic rings. The van der Waals surface area contributed by atoms with Crippen LogP contribution >= 0.6 is 11.1 Å². The standard InChI is InChI=1S/C21H27N5O5S2/c1-21(2,3)18(15-9-7-13-31-15)23-20-19(24-32(28)25-20)22-14-8-6-10-16(17(14)27)33(29,30)26-11-4-5-12-26/h6-10,13,18,27H,4-5,11-12H2,1-3H3,(H,22,24)(H,23,25). The van der Waals surface area contributed by atoms with Crippen LogP contribution in [0.4, 0.5) is 11.5 Å². The van der Waals surface area contributed by atoms with Gasteiger partial charge in [0.2, 0.25) is 21.3 Å². The van der Waals surface area contributed by atoms with Gasteiger partial charge in [0.25, 0.3) is 0 Å². The molecule has 2 aromatic heterocycles. The first kappa shape index (κ1) is 23.5. The van der Waals surface area contributed by atoms with Crippen molar-refractivity contribution in [3.05, 3.63) is 47.8 Å². The number of aromatic nitrogens is 2. The third-order valence-electron chi connectivity index (χ3n) is 5.41. The minimum absolute atomic E-state index is 0.118. The molecule has 0 aliphatic carbocycles. The number of anilines is 2. The molecule has 12 heteroatoms. The summed E-state index contributed by atoms with van der Waals surface area (Å²) in [5, 5.41) is 13.7. The number of phenolic OH excluding ortho intramolecular Hbond substituents is 1. The maximum atomic E-state index is 13.0. The van der Waals surface area contributed by atoms with Crippen molar-refractivity contribution in [2.75, 3.05) is 18.4 Å². The second-order valence-electron chi connectivity index (χ2n) is 8.94. The van der Waals surface area contributed by atoms with Gasteiger partial charge in [-0.3, -0.25) is 0 Å². The van der Waals surface area contributed by atoms with Gasteiger partial charge in [-0.2, -0.15) is 4.31 Å². The lowest BCUT2D eigenvalue weighted by Crippen LogP contribution is -2.28. The van der Waals surface area contributed by atoms with E-state index in [0.717, 1.165) is 12.8 Å². The van der Waals surface area contributed by atoms with Crippen molar-refractivity contribution in [1.29, 1.82) is 0 Å². The molecule has 0 amide bonds. The van der Waals surface area contributed by atoms with Gasteiger partial charge in [0, 0.05) is 17.5 Å². The Kier molecular flexibility index (Phi) is 6.36. The zero-order valence-electron chi connectivity index (χ0n) is 18.6. The van der Waals surface area contributed by atoms with Gasteiger partial charge in [-0.05, 0) is 42.5 Å². The van der Waals surface area contributed by atoms with Gasteiger partial charge in [-0.1, -0.05) is 26.8 Å². The number of hydrogen-bond donors (Lipinski definition) is 3. The van der Waals surface area contributed by atoms with Crippen molar-refractivity contribution in [3.8, 4) is 5.75 Å². The second kappa shape index (κ2) is 8.93. The summed E-state index contributed by atoms with van der Waals surface area (Å²) in [5.74, 6) is 0.332. The lowest BCUT2D eigenvalue weighted by atomic mass is 9.86. The molecule has 1 fully saturated rings. The third-order valence-corrected chi connectivity index (χ3v) is 8.06. The third kappa shape index (κ3) is 4.83. The largest absolute Gasteiger partial charge is 0.548 e. The van der Waals surface area contributed by atoms with E-state index in [2.05, 4.69) is 14.1 Å². The molecule has 1 aromatic carbocycles. The Morgan fingerprint density at radius 3 is 2.64 bits per heavy atom. The minimum Gasteiger partial charge on any atom is -0.548 e. The van der Waals surface area contributed by atoms with E-state index in [4.69, 9.17) is 9.41 Å². The van der Waals surface area contributed by atoms with Crippen molar-refractivity contribution in [2.45, 2.75) is 44.6 Å². The number of para-hydroxylation sites is 1. The van der Waals surface area contributed by atoms with Crippen LogP contribution < -0.4 is 10.8 Å². The van der Waals surface area contributed by atoms with E-state index in [1.54, 1.807) is 12.3 Å². The summed E-state index contributed by atoms with van der Waals surface area (Å²) in [5.41, 5.74) is 0.0118. The van der Waals surface area contributed by atoms with Gasteiger partial charge >= 0.3 is 0 Å². The molecule has 0 saturated carbocycles. The molecule has 1 aliphatic rings. The van der Waals surface area contributed by atoms with E-state index in [0.29, 0.717) is 18.8 Å². The summed E-state index contributed by atoms with van der Waals surface area (Å²) >= 11 is -1.77. The van der Waals surface area contributed by atoms with Crippen LogP contribution in [0.1, 0.15) is 45.4 Å². The lowest BCUT2D eigenvalue weighted by Gasteiger charge is -2.25. The number of sulfonamides is 1. The average molecular weight is 494 g/mol. The highest BCUT2D eigenvalue weighted by Gasteiger charge is 2.31. The molecule has 4 rings (SSSR count). The molecule has 33 heavy (non-hydrogen) atoms. The summed E-state index contributed by atoms with van der Waals surface area (Å²) in [6.45, 7) is 6.84. The monoisotopic (exact) mass is 493 g/mol. The highest BCUT2D eigenvalue weighted by atomic mass is 32.2. The zero-order chi connectivity index (χ0) is 23.8. The molecule has 1 aliphatic heterocycles. The Morgan fingerprint density at radius 2 is 2.00 bits per heavy atom. The minimum atomic E-state index is -3.83. The summed E-state index contributed by atoms with van der Waals surface area (Å²) in [6, 6.07) is 7.59. The van der Waals surface area contributed by atoms with Gasteiger partial charge in [-0.25, -0.2) is 13.4 Å². The number of nitrogens with one attached hydrogen (secondary N) is 2. The predicted molar refractivity (Wildman–Crippen MR) is 123 cm³/mol. The fourth-order valence-electron chi connectivity index (χ4n) is 3.74. The first-order valence-electron chi connectivity index (χ1n) is 10.6. The molecule has 2 atom stereocenters. The summed E-state index contributed by atoms with van der Waals surface area (Å²) in [4.78, 5) is 4.51. The Balaban J connectivity index is 1.73. The molecule has 0 bridgehead atoms. The topological polar surface area (TPSA) is 147 Å². The normalized spacial score (nSPS) is 17.5. The number of nitrogens with zero attached hydrogens (tertiary/aromatic N) is 3. The molecule has 3 N–H and O–H groups in total. The number of benzene rings is 1. The number of aromatic amines is 1. The van der Waals surface area contributed by atoms with Crippen molar-refractivity contribution in [1.82, 2.24) is 13.1 Å². The van der Waals surface area contributed by atoms with Crippen LogP contribution in [0.15, 0.2) is 50.9 Å². The average Bonchev–Trinajstić information content (AvgIpc) is 3.49. The highest BCUT2D eigenvalue weighted by Crippen LogP contribution is 2.37. The fraction of sp³-hybridized carbons (Fsp3) is 0.429. The van der Waals surface area contributed by atoms with Gasteiger partial charge < -0.3 is 19.4 Å². The van der Waals surface area contributed by atoms with E-state index in [1.165, 1.54) is 22.5 Å². The Labute approximate surface area is 195 Å². The molecule has 0 radical (unpaired) electrons. The second-order valence-corrected chi connectivity index (χ2v) is 11.7. The van der Waals surface area contributed by atoms with Crippen LogP contribution in [-0.4, -0.2) is 44.2 Å². The van der Waals surface area contributed by atoms with Crippen LogP contribution in [-0.2, 0) is 10.0 Å². The summed E-state index contributed by atoms with van der Waals surface area (Å²) in [6.07, 6.45) is 3.14. The van der Waals surface area contributed by atoms with Crippen molar-refractivity contribution in [2.24, 2.45) is 10.4 Å². The molecule has 0 spiro atoms. The number of furan rings is 1. The van der Waals surface area contributed by atoms with Crippen molar-refractivity contribution in [3.63, 3.8) is 0 Å². The molecule has 10 nitrogen and oxygen atoms in total. The van der Waals surface area contributed by atoms with E-state index >= 15 is 0 Å². The lowest BCUT2D eigenvalue weighted by molar-refractivity contribution is 0.282. The zero-order valence-corrected chi connectivity index (χ0v) is 20.2. The van der Waals surface area contributed by atoms with Crippen LogP contribution in [0, 0.1) is 5.41 Å². The van der Waals surface area contributed by atoms with Crippen LogP contribution in [0.2, 0.25) is 0 Å². The van der Waals surface area contributed by atoms with Crippen LogP contribution in [0.3, 0.4) is 0 Å². The van der Waals surface area contributed by atoms with E-state index in [-0.39, 0.29) is 27.3 Å². The van der Waals surface area contributed by atoms with Crippen molar-refractivity contribution >= 4 is 32.7 Å². The summed E-state index contributed by atoms with van der Waals surface area (Å²) in [7, 11) is -3.83. The molecular formula is C21H27N5O5S2. The quantitative estimate of drug-likeness (QED) is 0.351. The number of phenols is 1. The highest BCUT2D eigenvalue weighted by molar-refractivity contribution is 7.89. The van der Waals surface area contributed by atoms with Gasteiger partial charge in [0.1, 0.15) is 16.7 Å². The van der Waals surface area contributed by atoms with Gasteiger partial charge in [0.15, 0.2) is 16.9 Å². The SMILES string of the molecule is CC(C)(C)C(N=c1[nH][s+]([O-])nc1Nc1cccc(S(=O)(=O)N2CCCC2)c1O)c1ccco1. The smallest absolute Gasteiger partial charge is 0.246 e. The number of H-pyrrole nitrogens is 1. The number of aromatic hydroxyl groups is 1. The maximum Gasteiger partial charge on any atom is 0.246 e. The summed E-state index contributed by atoms with van der Waals surface area (Å²) < 4.78 is 51.7. The first-order chi connectivity index (χ1) is 15.6. The molecule has 2 unspecified atom stereocenters. The number of rotatable bonds is 6.